The summed E-state index contributed by atoms with van der Waals surface area (Å²) in [6, 6.07) is 11.3. The van der Waals surface area contributed by atoms with Crippen molar-refractivity contribution in [1.29, 1.82) is 0 Å². The summed E-state index contributed by atoms with van der Waals surface area (Å²) in [7, 11) is 1.72. The van der Waals surface area contributed by atoms with Crippen molar-refractivity contribution in [2.45, 2.75) is 13.1 Å². The zero-order chi connectivity index (χ0) is 19.7. The fourth-order valence-electron chi connectivity index (χ4n) is 2.91. The maximum Gasteiger partial charge on any atom is 0.263 e. The number of carbonyl (C=O) groups is 1. The molecule has 0 aliphatic rings. The van der Waals surface area contributed by atoms with Gasteiger partial charge in [0.25, 0.3) is 5.56 Å². The molecule has 1 amide bonds. The number of halogens is 1. The van der Waals surface area contributed by atoms with E-state index in [0.29, 0.717) is 21.8 Å². The van der Waals surface area contributed by atoms with Gasteiger partial charge in [0, 0.05) is 34.4 Å². The van der Waals surface area contributed by atoms with E-state index in [1.54, 1.807) is 35.4 Å². The largest absolute Gasteiger partial charge is 0.340 e. The number of likely N-dealkylation sites (N-methyl/N-ethyl adjacent to an activating group) is 1. The zero-order valence-corrected chi connectivity index (χ0v) is 17.4. The molecule has 4 aromatic rings. The van der Waals surface area contributed by atoms with Crippen molar-refractivity contribution in [2.24, 2.45) is 0 Å². The standard InChI is InChI=1S/C20H16ClN3O2S2/c1-23(9-13-4-6-14(21)7-5-13)17(25)10-24-12-22-19-18(20(24)26)15(11-28-19)16-3-2-8-27-16/h2-8,11-12H,9-10H2,1H3. The number of fused-ring (bicyclic) bond motifs is 1. The van der Waals surface area contributed by atoms with Gasteiger partial charge in [-0.05, 0) is 29.1 Å². The third kappa shape index (κ3) is 3.73. The van der Waals surface area contributed by atoms with Gasteiger partial charge in [-0.1, -0.05) is 29.8 Å². The second-order valence-corrected chi connectivity index (χ2v) is 8.60. The van der Waals surface area contributed by atoms with Crippen molar-refractivity contribution >= 4 is 50.4 Å². The van der Waals surface area contributed by atoms with Crippen molar-refractivity contribution in [3.63, 3.8) is 0 Å². The summed E-state index contributed by atoms with van der Waals surface area (Å²) < 4.78 is 1.38. The Morgan fingerprint density at radius 3 is 2.71 bits per heavy atom. The highest BCUT2D eigenvalue weighted by atomic mass is 35.5. The molecule has 0 radical (unpaired) electrons. The number of nitrogens with zero attached hydrogens (tertiary/aromatic N) is 3. The van der Waals surface area contributed by atoms with Crippen LogP contribution in [0.15, 0.2) is 58.3 Å². The molecule has 8 heteroatoms. The zero-order valence-electron chi connectivity index (χ0n) is 15.0. The van der Waals surface area contributed by atoms with Crippen LogP contribution in [-0.2, 0) is 17.9 Å². The lowest BCUT2D eigenvalue weighted by Gasteiger charge is -2.18. The molecule has 0 spiro atoms. The van der Waals surface area contributed by atoms with E-state index in [0.717, 1.165) is 16.0 Å². The fraction of sp³-hybridized carbons (Fsp3) is 0.150. The predicted octanol–water partition coefficient (Wildman–Crippen LogP) is 4.50. The molecule has 0 aliphatic heterocycles. The lowest BCUT2D eigenvalue weighted by molar-refractivity contribution is -0.131. The summed E-state index contributed by atoms with van der Waals surface area (Å²) in [6.07, 6.45) is 1.45. The molecule has 4 rings (SSSR count). The molecule has 0 fully saturated rings. The minimum atomic E-state index is -0.192. The minimum Gasteiger partial charge on any atom is -0.340 e. The van der Waals surface area contributed by atoms with E-state index >= 15 is 0 Å². The molecular weight excluding hydrogens is 414 g/mol. The lowest BCUT2D eigenvalue weighted by atomic mass is 10.2. The van der Waals surface area contributed by atoms with E-state index in [1.165, 1.54) is 22.2 Å². The Balaban J connectivity index is 1.58. The van der Waals surface area contributed by atoms with E-state index in [-0.39, 0.29) is 18.0 Å². The first-order chi connectivity index (χ1) is 13.5. The molecule has 0 N–H and O–H groups in total. The Labute approximate surface area is 174 Å². The number of benzene rings is 1. The second kappa shape index (κ2) is 7.87. The molecule has 28 heavy (non-hydrogen) atoms. The molecule has 3 aromatic heterocycles. The summed E-state index contributed by atoms with van der Waals surface area (Å²) in [6.45, 7) is 0.394. The molecule has 0 saturated carbocycles. The molecule has 142 valence electrons. The van der Waals surface area contributed by atoms with Crippen LogP contribution in [0.5, 0.6) is 0 Å². The highest BCUT2D eigenvalue weighted by Gasteiger charge is 2.16. The van der Waals surface area contributed by atoms with Crippen molar-refractivity contribution < 1.29 is 4.79 Å². The first-order valence-corrected chi connectivity index (χ1v) is 10.7. The van der Waals surface area contributed by atoms with Gasteiger partial charge < -0.3 is 4.90 Å². The summed E-state index contributed by atoms with van der Waals surface area (Å²) in [5.74, 6) is -0.161. The quantitative estimate of drug-likeness (QED) is 0.469. The summed E-state index contributed by atoms with van der Waals surface area (Å²) in [5, 5.41) is 5.15. The maximum atomic E-state index is 13.0. The molecule has 0 unspecified atom stereocenters. The van der Waals surface area contributed by atoms with Crippen LogP contribution in [0.3, 0.4) is 0 Å². The van der Waals surface area contributed by atoms with Gasteiger partial charge in [0.05, 0.1) is 11.7 Å². The molecule has 0 aliphatic carbocycles. The first kappa shape index (κ1) is 18.9. The maximum absolute atomic E-state index is 13.0. The third-order valence-corrected chi connectivity index (χ3v) is 6.45. The third-order valence-electron chi connectivity index (χ3n) is 4.41. The van der Waals surface area contributed by atoms with Crippen LogP contribution >= 0.6 is 34.3 Å². The van der Waals surface area contributed by atoms with Crippen molar-refractivity contribution in [3.05, 3.63) is 74.4 Å². The van der Waals surface area contributed by atoms with Gasteiger partial charge >= 0.3 is 0 Å². The molecule has 0 bridgehead atoms. The summed E-state index contributed by atoms with van der Waals surface area (Å²) in [4.78, 5) is 33.3. The van der Waals surface area contributed by atoms with Gasteiger partial charge in [0.1, 0.15) is 11.4 Å². The number of aromatic nitrogens is 2. The highest BCUT2D eigenvalue weighted by molar-refractivity contribution is 7.18. The molecule has 3 heterocycles. The van der Waals surface area contributed by atoms with Gasteiger partial charge in [-0.2, -0.15) is 0 Å². The first-order valence-electron chi connectivity index (χ1n) is 8.52. The van der Waals surface area contributed by atoms with Crippen LogP contribution in [0.25, 0.3) is 20.7 Å². The number of rotatable bonds is 5. The van der Waals surface area contributed by atoms with Crippen LogP contribution in [0.1, 0.15) is 5.56 Å². The number of hydrogen-bond donors (Lipinski definition) is 0. The summed E-state index contributed by atoms with van der Waals surface area (Å²) in [5.41, 5.74) is 1.66. The molecule has 0 atom stereocenters. The molecular formula is C20H16ClN3O2S2. The van der Waals surface area contributed by atoms with Gasteiger partial charge in [-0.25, -0.2) is 4.98 Å². The minimum absolute atomic E-state index is 0.0500. The van der Waals surface area contributed by atoms with E-state index in [4.69, 9.17) is 11.6 Å². The van der Waals surface area contributed by atoms with Crippen molar-refractivity contribution in [3.8, 4) is 10.4 Å². The van der Waals surface area contributed by atoms with Crippen LogP contribution in [-0.4, -0.2) is 27.4 Å². The Hall–Kier alpha value is -2.48. The molecule has 1 aromatic carbocycles. The van der Waals surface area contributed by atoms with Crippen LogP contribution in [0, 0.1) is 0 Å². The molecule has 5 nitrogen and oxygen atoms in total. The average molecular weight is 430 g/mol. The number of carbonyl (C=O) groups excluding carboxylic acids is 1. The SMILES string of the molecule is CN(Cc1ccc(Cl)cc1)C(=O)Cn1cnc2scc(-c3cccs3)c2c1=O. The Morgan fingerprint density at radius 1 is 1.21 bits per heavy atom. The monoisotopic (exact) mass is 429 g/mol. The average Bonchev–Trinajstić information content (AvgIpc) is 3.35. The Kier molecular flexibility index (Phi) is 5.30. The van der Waals surface area contributed by atoms with Crippen LogP contribution in [0.4, 0.5) is 0 Å². The van der Waals surface area contributed by atoms with E-state index in [1.807, 2.05) is 35.0 Å². The predicted molar refractivity (Wildman–Crippen MR) is 115 cm³/mol. The van der Waals surface area contributed by atoms with Gasteiger partial charge in [-0.15, -0.1) is 22.7 Å². The smallest absolute Gasteiger partial charge is 0.263 e. The van der Waals surface area contributed by atoms with Gasteiger partial charge in [0.15, 0.2) is 0 Å². The van der Waals surface area contributed by atoms with Gasteiger partial charge in [0.2, 0.25) is 5.91 Å². The Morgan fingerprint density at radius 2 is 2.00 bits per heavy atom. The summed E-state index contributed by atoms with van der Waals surface area (Å²) >= 11 is 8.92. The van der Waals surface area contributed by atoms with Crippen LogP contribution in [0.2, 0.25) is 5.02 Å². The Bertz CT molecular complexity index is 1180. The molecule has 0 saturated heterocycles. The number of thiophene rings is 2. The normalized spacial score (nSPS) is 11.1. The van der Waals surface area contributed by atoms with E-state index in [9.17, 15) is 9.59 Å². The van der Waals surface area contributed by atoms with E-state index < -0.39 is 0 Å². The van der Waals surface area contributed by atoms with Crippen molar-refractivity contribution in [2.75, 3.05) is 7.05 Å². The van der Waals surface area contributed by atoms with Gasteiger partial charge in [-0.3, -0.25) is 14.2 Å². The topological polar surface area (TPSA) is 55.2 Å². The van der Waals surface area contributed by atoms with E-state index in [2.05, 4.69) is 4.98 Å². The van der Waals surface area contributed by atoms with Crippen LogP contribution < -0.4 is 5.56 Å². The second-order valence-electron chi connectivity index (χ2n) is 6.36. The lowest BCUT2D eigenvalue weighted by Crippen LogP contribution is -2.33. The fourth-order valence-corrected chi connectivity index (χ4v) is 4.76. The number of amides is 1. The highest BCUT2D eigenvalue weighted by Crippen LogP contribution is 2.33. The van der Waals surface area contributed by atoms with Crippen molar-refractivity contribution in [1.82, 2.24) is 14.5 Å². The number of hydrogen-bond acceptors (Lipinski definition) is 5.